The summed E-state index contributed by atoms with van der Waals surface area (Å²) in [6.07, 6.45) is 2.45. The molecular weight excluding hydrogens is 290 g/mol. The van der Waals surface area contributed by atoms with Gasteiger partial charge in [-0.3, -0.25) is 9.89 Å². The first-order valence-electron chi connectivity index (χ1n) is 5.72. The van der Waals surface area contributed by atoms with E-state index in [0.29, 0.717) is 0 Å². The van der Waals surface area contributed by atoms with Gasteiger partial charge in [-0.2, -0.15) is 9.40 Å². The van der Waals surface area contributed by atoms with Gasteiger partial charge in [0.05, 0.1) is 11.6 Å². The van der Waals surface area contributed by atoms with Crippen LogP contribution in [-0.2, 0) is 14.8 Å². The molecule has 2 atom stereocenters. The molecule has 0 radical (unpaired) electrons. The van der Waals surface area contributed by atoms with Crippen molar-refractivity contribution in [2.75, 3.05) is 5.75 Å². The van der Waals surface area contributed by atoms with E-state index >= 15 is 0 Å². The number of hydrogen-bond donors (Lipinski definition) is 2. The van der Waals surface area contributed by atoms with Crippen molar-refractivity contribution in [1.29, 1.82) is 0 Å². The summed E-state index contributed by atoms with van der Waals surface area (Å²) in [7, 11) is -3.85. The predicted octanol–water partition coefficient (Wildman–Crippen LogP) is 0.583. The van der Waals surface area contributed by atoms with E-state index in [2.05, 4.69) is 10.2 Å². The Morgan fingerprint density at radius 1 is 1.63 bits per heavy atom. The Hall–Kier alpha value is -1.06. The van der Waals surface area contributed by atoms with Crippen LogP contribution >= 0.6 is 11.8 Å². The van der Waals surface area contributed by atoms with Crippen molar-refractivity contribution in [3.63, 3.8) is 0 Å². The molecule has 1 aromatic rings. The molecule has 19 heavy (non-hydrogen) atoms. The molecule has 1 aliphatic rings. The van der Waals surface area contributed by atoms with Gasteiger partial charge < -0.3 is 5.11 Å². The van der Waals surface area contributed by atoms with Gasteiger partial charge in [0.15, 0.2) is 0 Å². The van der Waals surface area contributed by atoms with Gasteiger partial charge in [-0.25, -0.2) is 8.42 Å². The first-order chi connectivity index (χ1) is 8.85. The summed E-state index contributed by atoms with van der Waals surface area (Å²) in [5.41, 5.74) is 0. The zero-order chi connectivity index (χ0) is 14.2. The average molecular weight is 305 g/mol. The third kappa shape index (κ3) is 2.49. The summed E-state index contributed by atoms with van der Waals surface area (Å²) in [5.74, 6) is -0.839. The summed E-state index contributed by atoms with van der Waals surface area (Å²) in [4.78, 5) is 11.2. The van der Waals surface area contributed by atoms with Crippen molar-refractivity contribution in [3.8, 4) is 0 Å². The normalized spacial score (nSPS) is 25.0. The third-order valence-electron chi connectivity index (χ3n) is 2.89. The molecule has 9 heteroatoms. The van der Waals surface area contributed by atoms with E-state index in [1.807, 2.05) is 13.8 Å². The van der Waals surface area contributed by atoms with E-state index in [0.717, 1.165) is 4.31 Å². The molecule has 1 saturated heterocycles. The Morgan fingerprint density at radius 2 is 2.32 bits per heavy atom. The first-order valence-corrected chi connectivity index (χ1v) is 8.21. The molecule has 0 amide bonds. The molecule has 1 fully saturated rings. The third-order valence-corrected chi connectivity index (χ3v) is 6.50. The highest BCUT2D eigenvalue weighted by molar-refractivity contribution is 8.01. The smallest absolute Gasteiger partial charge is 0.322 e. The fourth-order valence-electron chi connectivity index (χ4n) is 1.99. The number of sulfonamides is 1. The number of H-pyrrole nitrogens is 1. The monoisotopic (exact) mass is 305 g/mol. The molecule has 0 saturated carbocycles. The maximum atomic E-state index is 12.5. The summed E-state index contributed by atoms with van der Waals surface area (Å²) in [5, 5.41) is 14.9. The minimum absolute atomic E-state index is 0.00750. The summed E-state index contributed by atoms with van der Waals surface area (Å²) >= 11 is 1.35. The van der Waals surface area contributed by atoms with E-state index < -0.39 is 22.0 Å². The number of carbonyl (C=O) groups is 1. The number of carboxylic acid groups (broad SMARTS) is 1. The molecule has 106 valence electrons. The summed E-state index contributed by atoms with van der Waals surface area (Å²) in [6.45, 7) is 3.75. The average Bonchev–Trinajstić information content (AvgIpc) is 2.98. The molecule has 2 rings (SSSR count). The molecule has 0 aromatic carbocycles. The van der Waals surface area contributed by atoms with Gasteiger partial charge >= 0.3 is 5.97 Å². The second-order valence-electron chi connectivity index (χ2n) is 4.59. The van der Waals surface area contributed by atoms with Gasteiger partial charge in [-0.15, -0.1) is 11.8 Å². The first kappa shape index (κ1) is 14.4. The number of thioether (sulfide) groups is 1. The van der Waals surface area contributed by atoms with E-state index in [1.165, 1.54) is 24.2 Å². The number of nitrogens with one attached hydrogen (secondary N) is 1. The number of hydrogen-bond acceptors (Lipinski definition) is 5. The van der Waals surface area contributed by atoms with E-state index in [9.17, 15) is 18.3 Å². The van der Waals surface area contributed by atoms with Crippen LogP contribution < -0.4 is 0 Å². The van der Waals surface area contributed by atoms with E-state index in [4.69, 9.17) is 0 Å². The Labute approximate surface area is 115 Å². The van der Waals surface area contributed by atoms with Crippen LogP contribution in [-0.4, -0.2) is 51.2 Å². The predicted molar refractivity (Wildman–Crippen MR) is 70.1 cm³/mol. The van der Waals surface area contributed by atoms with E-state index in [1.54, 1.807) is 0 Å². The van der Waals surface area contributed by atoms with Crippen LogP contribution in [0.3, 0.4) is 0 Å². The molecular formula is C10H15N3O4S2. The van der Waals surface area contributed by atoms with Crippen LogP contribution in [0.2, 0.25) is 0 Å². The largest absolute Gasteiger partial charge is 0.480 e. The number of rotatable bonds is 4. The Bertz CT molecular complexity index is 555. The van der Waals surface area contributed by atoms with Gasteiger partial charge in [-0.05, 0) is 5.92 Å². The minimum atomic E-state index is -3.85. The van der Waals surface area contributed by atoms with Crippen molar-refractivity contribution < 1.29 is 18.3 Å². The van der Waals surface area contributed by atoms with Crippen LogP contribution in [0.4, 0.5) is 0 Å². The van der Waals surface area contributed by atoms with Crippen LogP contribution in [0.15, 0.2) is 17.3 Å². The van der Waals surface area contributed by atoms with Gasteiger partial charge in [-0.1, -0.05) is 13.8 Å². The standard InChI is InChI=1S/C10H15N3O4S2/c1-6(2)9-13(8(5-18-9)10(14)15)19(16,17)7-3-11-12-4-7/h3-4,6,8-9H,5H2,1-2H3,(H,11,12)(H,14,15). The fraction of sp³-hybridized carbons (Fsp3) is 0.600. The highest BCUT2D eigenvalue weighted by Crippen LogP contribution is 2.38. The van der Waals surface area contributed by atoms with Gasteiger partial charge in [0.2, 0.25) is 10.0 Å². The highest BCUT2D eigenvalue weighted by Gasteiger charge is 2.47. The van der Waals surface area contributed by atoms with Gasteiger partial charge in [0.1, 0.15) is 10.9 Å². The number of aromatic nitrogens is 2. The Balaban J connectivity index is 2.45. The lowest BCUT2D eigenvalue weighted by Gasteiger charge is -2.28. The van der Waals surface area contributed by atoms with Gasteiger partial charge in [0, 0.05) is 11.9 Å². The minimum Gasteiger partial charge on any atom is -0.480 e. The molecule has 0 bridgehead atoms. The topological polar surface area (TPSA) is 103 Å². The number of aromatic amines is 1. The van der Waals surface area contributed by atoms with Crippen molar-refractivity contribution in [2.45, 2.75) is 30.2 Å². The lowest BCUT2D eigenvalue weighted by Crippen LogP contribution is -2.46. The molecule has 2 N–H and O–H groups in total. The molecule has 1 aromatic heterocycles. The van der Waals surface area contributed by atoms with E-state index in [-0.39, 0.29) is 21.9 Å². The lowest BCUT2D eigenvalue weighted by atomic mass is 10.2. The molecule has 7 nitrogen and oxygen atoms in total. The van der Waals surface area contributed by atoms with Crippen molar-refractivity contribution in [1.82, 2.24) is 14.5 Å². The van der Waals surface area contributed by atoms with Crippen LogP contribution in [0, 0.1) is 5.92 Å². The number of carboxylic acids is 1. The molecule has 0 spiro atoms. The zero-order valence-corrected chi connectivity index (χ0v) is 12.1. The maximum absolute atomic E-state index is 12.5. The Morgan fingerprint density at radius 3 is 2.79 bits per heavy atom. The maximum Gasteiger partial charge on any atom is 0.322 e. The number of aliphatic carboxylic acids is 1. The second-order valence-corrected chi connectivity index (χ2v) is 7.58. The van der Waals surface area contributed by atoms with Crippen LogP contribution in [0.25, 0.3) is 0 Å². The molecule has 1 aliphatic heterocycles. The summed E-state index contributed by atoms with van der Waals surface area (Å²) in [6, 6.07) is -1.03. The highest BCUT2D eigenvalue weighted by atomic mass is 32.2. The van der Waals surface area contributed by atoms with Crippen molar-refractivity contribution in [2.24, 2.45) is 5.92 Å². The molecule has 2 unspecified atom stereocenters. The zero-order valence-electron chi connectivity index (χ0n) is 10.5. The second kappa shape index (κ2) is 5.14. The number of nitrogens with zero attached hydrogens (tertiary/aromatic N) is 2. The molecule has 0 aliphatic carbocycles. The van der Waals surface area contributed by atoms with Crippen LogP contribution in [0.5, 0.6) is 0 Å². The van der Waals surface area contributed by atoms with Crippen molar-refractivity contribution in [3.05, 3.63) is 12.4 Å². The molecule has 2 heterocycles. The van der Waals surface area contributed by atoms with Crippen molar-refractivity contribution >= 4 is 27.8 Å². The lowest BCUT2D eigenvalue weighted by molar-refractivity contribution is -0.140. The van der Waals surface area contributed by atoms with Gasteiger partial charge in [0.25, 0.3) is 0 Å². The Kier molecular flexibility index (Phi) is 3.88. The fourth-order valence-corrected chi connectivity index (χ4v) is 5.61. The van der Waals surface area contributed by atoms with Crippen LogP contribution in [0.1, 0.15) is 13.8 Å². The SMILES string of the molecule is CC(C)C1SCC(C(=O)O)N1S(=O)(=O)c1cn[nH]c1. The summed E-state index contributed by atoms with van der Waals surface area (Å²) < 4.78 is 26.1. The quantitative estimate of drug-likeness (QED) is 0.843.